The average molecular weight is 1310 g/mol. The van der Waals surface area contributed by atoms with E-state index in [-0.39, 0.29) is 63.3 Å². The molecule has 22 nitrogen and oxygen atoms in total. The fraction of sp³-hybridized carbons (Fsp3) is 0.652. The van der Waals surface area contributed by atoms with Crippen LogP contribution < -0.4 is 16.0 Å². The Labute approximate surface area is 544 Å². The van der Waals surface area contributed by atoms with Gasteiger partial charge in [-0.1, -0.05) is 102 Å². The van der Waals surface area contributed by atoms with Crippen molar-refractivity contribution < 1.29 is 65.9 Å². The summed E-state index contributed by atoms with van der Waals surface area (Å²) in [5.74, 6) is -7.59. The van der Waals surface area contributed by atoms with Gasteiger partial charge in [-0.3, -0.25) is 52.7 Å². The van der Waals surface area contributed by atoms with Gasteiger partial charge in [0.15, 0.2) is 0 Å². The Morgan fingerprint density at radius 3 is 1.76 bits per heavy atom. The lowest BCUT2D eigenvalue weighted by Gasteiger charge is -2.39. The quantitative estimate of drug-likeness (QED) is 0.265. The molecule has 3 aliphatic rings. The van der Waals surface area contributed by atoms with Crippen LogP contribution in [0.15, 0.2) is 48.5 Å². The Hall–Kier alpha value is -7.31. The molecule has 26 heteroatoms. The molecule has 0 unspecified atom stereocenters. The van der Waals surface area contributed by atoms with Crippen LogP contribution >= 0.6 is 11.6 Å². The normalized spacial score (nSPS) is 25.5. The summed E-state index contributed by atoms with van der Waals surface area (Å²) < 4.78 is 40.9. The van der Waals surface area contributed by atoms with E-state index in [1.54, 1.807) is 38.1 Å². The lowest BCUT2D eigenvalue weighted by Crippen LogP contribution is -2.59. The number of nitrogens with zero attached hydrogens (tertiary/aromatic N) is 8. The Balaban J connectivity index is 1.57. The third-order valence-corrected chi connectivity index (χ3v) is 18.7. The maximum Gasteiger partial charge on any atom is 0.416 e. The van der Waals surface area contributed by atoms with Crippen molar-refractivity contribution in [1.29, 1.82) is 0 Å². The number of rotatable bonds is 11. The van der Waals surface area contributed by atoms with Gasteiger partial charge in [0.1, 0.15) is 42.3 Å². The van der Waals surface area contributed by atoms with E-state index in [0.29, 0.717) is 29.0 Å². The Morgan fingerprint density at radius 2 is 1.16 bits per heavy atom. The first-order valence-corrected chi connectivity index (χ1v) is 32.4. The number of carbonyl (C=O) groups is 11. The molecule has 2 saturated heterocycles. The molecule has 5 rings (SSSR count). The van der Waals surface area contributed by atoms with Crippen molar-refractivity contribution in [2.45, 2.75) is 186 Å². The number of alkyl halides is 3. The van der Waals surface area contributed by atoms with E-state index in [9.17, 15) is 51.5 Å². The maximum atomic E-state index is 15.2. The second-order valence-corrected chi connectivity index (χ2v) is 26.4. The minimum atomic E-state index is -4.62. The van der Waals surface area contributed by atoms with E-state index < -0.39 is 151 Å². The van der Waals surface area contributed by atoms with E-state index in [1.807, 2.05) is 20.8 Å². The molecule has 2 aromatic carbocycles. The van der Waals surface area contributed by atoms with Gasteiger partial charge in [0.25, 0.3) is 0 Å². The number of amides is 11. The molecule has 2 aliphatic heterocycles. The Bertz CT molecular complexity index is 2930. The Morgan fingerprint density at radius 1 is 0.576 bits per heavy atom. The minimum absolute atomic E-state index is 0.00682. The number of benzene rings is 2. The number of hydrogen-bond donors (Lipinski definition) is 3. The topological polar surface area (TPSA) is 250 Å². The third kappa shape index (κ3) is 20.6. The molecule has 11 amide bonds. The van der Waals surface area contributed by atoms with Crippen LogP contribution in [0.5, 0.6) is 0 Å². The summed E-state index contributed by atoms with van der Waals surface area (Å²) >= 11 is 6.21. The molecular weight excluding hydrogens is 1220 g/mol. The monoisotopic (exact) mass is 1310 g/mol. The summed E-state index contributed by atoms with van der Waals surface area (Å²) in [6.07, 6.45) is 0.726. The van der Waals surface area contributed by atoms with Gasteiger partial charge in [0.2, 0.25) is 65.0 Å². The highest BCUT2D eigenvalue weighted by molar-refractivity contribution is 6.30. The zero-order valence-electron chi connectivity index (χ0n) is 55.8. The molecule has 1 aliphatic carbocycles. The summed E-state index contributed by atoms with van der Waals surface area (Å²) in [4.78, 5) is 169. The van der Waals surface area contributed by atoms with Gasteiger partial charge in [-0.25, -0.2) is 0 Å². The van der Waals surface area contributed by atoms with E-state index in [1.165, 1.54) is 88.0 Å². The van der Waals surface area contributed by atoms with Crippen LogP contribution in [0.4, 0.5) is 13.2 Å². The molecule has 0 radical (unpaired) electrons. The van der Waals surface area contributed by atoms with Crippen LogP contribution in [0.2, 0.25) is 5.02 Å². The van der Waals surface area contributed by atoms with Crippen LogP contribution in [0.25, 0.3) is 0 Å². The van der Waals surface area contributed by atoms with Crippen LogP contribution in [0.1, 0.15) is 135 Å². The number of aryl methyl sites for hydroxylation is 1. The highest BCUT2D eigenvalue weighted by Crippen LogP contribution is 2.32. The van der Waals surface area contributed by atoms with Crippen molar-refractivity contribution in [2.24, 2.45) is 17.8 Å². The summed E-state index contributed by atoms with van der Waals surface area (Å²) in [5.41, 5.74) is 0.0917. The van der Waals surface area contributed by atoms with Gasteiger partial charge in [-0.05, 0) is 106 Å². The van der Waals surface area contributed by atoms with E-state index in [0.717, 1.165) is 63.8 Å². The standard InChI is InChI=1S/C66H97ClF3N11O11/c1-14-41(4)58-65(92)76(9)38-56(84)74(7)39-57(85)78(11)52(36-46-24-29-48(67)30-25-46)62(89)75(8)37-54(82)72-49(31-26-44-22-27-47(28-23-44)66(68,69)70)61(88)81-32-18-21-50(81)63(90)80(13)53(35-45-19-16-15-17-20-45)64(91)79(12)51(33-40(2)3)60(87)71-42(5)34-55(83)77(10)43(6)59(86)73-58/h22-25,27-30,40-43,45,49-53,58H,14-21,26,31-39H2,1-13H3,(H,71,87)(H,72,82)(H,73,86)/t41-,42+,43-,49-,50-,51-,52-,53-,58-/m0/s1. The first-order chi connectivity index (χ1) is 43.1. The lowest BCUT2D eigenvalue weighted by molar-refractivity contribution is -0.152. The van der Waals surface area contributed by atoms with Gasteiger partial charge >= 0.3 is 6.18 Å². The molecule has 9 atom stereocenters. The molecular formula is C66H97ClF3N11O11. The Kier molecular flexibility index (Phi) is 27.9. The van der Waals surface area contributed by atoms with Gasteiger partial charge in [0, 0.05) is 79.8 Å². The van der Waals surface area contributed by atoms with Crippen molar-refractivity contribution in [2.75, 3.05) is 75.5 Å². The SMILES string of the molecule is CC[C@H](C)[C@@H]1NC(=O)[C@H](C)N(C)C(=O)C[C@@H](C)NC(=O)[C@H](CC(C)C)N(C)C(=O)[C@H](CC2CCCCC2)N(C)C(=O)[C@@H]2CCCN2C(=O)[C@H](CCc2ccc(C(F)(F)F)cc2)NC(=O)CN(C)C(=O)[C@H](Cc2ccc(Cl)cc2)N(C)C(=O)CN(C)C(=O)CN(C)C1=O. The maximum absolute atomic E-state index is 15.2. The van der Waals surface area contributed by atoms with E-state index >= 15 is 14.4 Å². The lowest BCUT2D eigenvalue weighted by atomic mass is 9.84. The number of carbonyl (C=O) groups excluding carboxylic acids is 11. The van der Waals surface area contributed by atoms with Crippen LogP contribution in [-0.2, 0) is 71.8 Å². The number of likely N-dealkylation sites (N-methyl/N-ethyl adjacent to an activating group) is 7. The van der Waals surface area contributed by atoms with Crippen molar-refractivity contribution in [1.82, 2.24) is 55.1 Å². The molecule has 2 aromatic rings. The van der Waals surface area contributed by atoms with Gasteiger partial charge in [-0.15, -0.1) is 0 Å². The van der Waals surface area contributed by atoms with Crippen molar-refractivity contribution in [3.63, 3.8) is 0 Å². The predicted molar refractivity (Wildman–Crippen MR) is 341 cm³/mol. The zero-order chi connectivity index (χ0) is 68.6. The molecule has 3 N–H and O–H groups in total. The van der Waals surface area contributed by atoms with Crippen LogP contribution in [-0.4, -0.2) is 228 Å². The van der Waals surface area contributed by atoms with Gasteiger partial charge in [-0.2, -0.15) is 13.2 Å². The molecule has 1 saturated carbocycles. The molecule has 3 fully saturated rings. The summed E-state index contributed by atoms with van der Waals surface area (Å²) in [7, 11) is 9.82. The second-order valence-electron chi connectivity index (χ2n) is 26.0. The first-order valence-electron chi connectivity index (χ1n) is 32.0. The average Bonchev–Trinajstić information content (AvgIpc) is 1.47. The number of halogens is 4. The highest BCUT2D eigenvalue weighted by atomic mass is 35.5. The molecule has 510 valence electrons. The molecule has 0 aromatic heterocycles. The molecule has 2 heterocycles. The van der Waals surface area contributed by atoms with Crippen molar-refractivity contribution in [3.05, 3.63) is 70.2 Å². The van der Waals surface area contributed by atoms with Crippen molar-refractivity contribution >= 4 is 76.6 Å². The zero-order valence-corrected chi connectivity index (χ0v) is 56.5. The largest absolute Gasteiger partial charge is 0.416 e. The van der Waals surface area contributed by atoms with Crippen molar-refractivity contribution in [3.8, 4) is 0 Å². The summed E-state index contributed by atoms with van der Waals surface area (Å²) in [5, 5.41) is 8.84. The van der Waals surface area contributed by atoms with Crippen LogP contribution in [0, 0.1) is 17.8 Å². The molecule has 0 bridgehead atoms. The van der Waals surface area contributed by atoms with Crippen LogP contribution in [0.3, 0.4) is 0 Å². The van der Waals surface area contributed by atoms with Gasteiger partial charge in [0.05, 0.1) is 25.2 Å². The summed E-state index contributed by atoms with van der Waals surface area (Å²) in [6.45, 7) is 8.76. The number of fused-ring (bicyclic) bond motifs is 1. The minimum Gasteiger partial charge on any atom is -0.351 e. The smallest absolute Gasteiger partial charge is 0.351 e. The fourth-order valence-electron chi connectivity index (χ4n) is 12.1. The predicted octanol–water partition coefficient (Wildman–Crippen LogP) is 5.17. The highest BCUT2D eigenvalue weighted by Gasteiger charge is 2.44. The van der Waals surface area contributed by atoms with E-state index in [2.05, 4.69) is 16.0 Å². The molecule has 0 spiro atoms. The van der Waals surface area contributed by atoms with Gasteiger partial charge < -0.3 is 55.1 Å². The second kappa shape index (κ2) is 34.0. The van der Waals surface area contributed by atoms with E-state index in [4.69, 9.17) is 11.6 Å². The fourth-order valence-corrected chi connectivity index (χ4v) is 12.3. The first kappa shape index (κ1) is 75.4. The third-order valence-electron chi connectivity index (χ3n) is 18.4. The number of nitrogens with one attached hydrogen (secondary N) is 3. The molecule has 92 heavy (non-hydrogen) atoms. The number of hydrogen-bond acceptors (Lipinski definition) is 11. The summed E-state index contributed by atoms with van der Waals surface area (Å²) in [6, 6.07) is 1.80.